The third kappa shape index (κ3) is 1.01. The summed E-state index contributed by atoms with van der Waals surface area (Å²) in [6.07, 6.45) is 1.69. The molecule has 0 spiro atoms. The second kappa shape index (κ2) is 2.52. The molecular weight excluding hydrogens is 220 g/mol. The second-order valence-electron chi connectivity index (χ2n) is 2.58. The minimum absolute atomic E-state index is 0.630. The van der Waals surface area contributed by atoms with Gasteiger partial charge in [-0.1, -0.05) is 0 Å². The van der Waals surface area contributed by atoms with Crippen molar-refractivity contribution in [3.8, 4) is 0 Å². The number of nitrogens with zero attached hydrogens (tertiary/aromatic N) is 4. The summed E-state index contributed by atoms with van der Waals surface area (Å²) in [6, 6.07) is 0. The van der Waals surface area contributed by atoms with Crippen molar-refractivity contribution in [3.05, 3.63) is 22.2 Å². The maximum absolute atomic E-state index is 4.28. The molecule has 0 aliphatic heterocycles. The summed E-state index contributed by atoms with van der Waals surface area (Å²) in [4.78, 5) is 8.32. The fourth-order valence-corrected chi connectivity index (χ4v) is 1.28. The van der Waals surface area contributed by atoms with E-state index >= 15 is 0 Å². The predicted octanol–water partition coefficient (Wildman–Crippen LogP) is 1.50. The molecule has 2 aromatic rings. The Bertz CT molecular complexity index is 434. The highest BCUT2D eigenvalue weighted by Crippen LogP contribution is 2.10. The third-order valence-corrected chi connectivity index (χ3v) is 2.26. The lowest BCUT2D eigenvalue weighted by Gasteiger charge is -1.98. The first-order valence-electron chi connectivity index (χ1n) is 3.53. The van der Waals surface area contributed by atoms with E-state index in [-0.39, 0.29) is 0 Å². The molecule has 0 bridgehead atoms. The van der Waals surface area contributed by atoms with E-state index in [9.17, 15) is 0 Å². The van der Waals surface area contributed by atoms with Crippen molar-refractivity contribution in [3.63, 3.8) is 0 Å². The van der Waals surface area contributed by atoms with Gasteiger partial charge in [-0.05, 0) is 29.8 Å². The number of hydrogen-bond acceptors (Lipinski definition) is 3. The van der Waals surface area contributed by atoms with Crippen LogP contribution in [0.5, 0.6) is 0 Å². The molecule has 0 N–H and O–H groups in total. The van der Waals surface area contributed by atoms with E-state index in [1.807, 2.05) is 13.8 Å². The van der Waals surface area contributed by atoms with E-state index in [1.165, 1.54) is 0 Å². The number of aryl methyl sites for hydroxylation is 2. The molecule has 0 saturated heterocycles. The van der Waals surface area contributed by atoms with Gasteiger partial charge in [-0.2, -0.15) is 9.61 Å². The fourth-order valence-electron chi connectivity index (χ4n) is 0.938. The Hall–Kier alpha value is -0.970. The summed E-state index contributed by atoms with van der Waals surface area (Å²) in [5.74, 6) is 0.630. The smallest absolute Gasteiger partial charge is 0.217 e. The molecule has 2 rings (SSSR count). The van der Waals surface area contributed by atoms with Crippen LogP contribution in [-0.4, -0.2) is 19.6 Å². The highest BCUT2D eigenvalue weighted by molar-refractivity contribution is 9.10. The van der Waals surface area contributed by atoms with Gasteiger partial charge in [-0.25, -0.2) is 9.97 Å². The van der Waals surface area contributed by atoms with Gasteiger partial charge in [0, 0.05) is 0 Å². The topological polar surface area (TPSA) is 43.1 Å². The van der Waals surface area contributed by atoms with Gasteiger partial charge >= 0.3 is 0 Å². The van der Waals surface area contributed by atoms with Gasteiger partial charge in [0.25, 0.3) is 5.78 Å². The molecule has 0 fully saturated rings. The van der Waals surface area contributed by atoms with E-state index in [1.54, 1.807) is 10.7 Å². The van der Waals surface area contributed by atoms with Crippen molar-refractivity contribution < 1.29 is 0 Å². The first-order valence-corrected chi connectivity index (χ1v) is 4.32. The average Bonchev–Trinajstić information content (AvgIpc) is 2.35. The van der Waals surface area contributed by atoms with Crippen LogP contribution in [0.2, 0.25) is 0 Å². The van der Waals surface area contributed by atoms with Gasteiger partial charge in [0.05, 0.1) is 17.6 Å². The van der Waals surface area contributed by atoms with Crippen molar-refractivity contribution in [1.29, 1.82) is 0 Å². The van der Waals surface area contributed by atoms with E-state index in [4.69, 9.17) is 0 Å². The number of imidazole rings is 1. The molecule has 4 nitrogen and oxygen atoms in total. The van der Waals surface area contributed by atoms with Crippen LogP contribution in [0, 0.1) is 13.8 Å². The maximum Gasteiger partial charge on any atom is 0.251 e. The number of hydrogen-bond donors (Lipinski definition) is 0. The van der Waals surface area contributed by atoms with Crippen LogP contribution in [0.4, 0.5) is 0 Å². The summed E-state index contributed by atoms with van der Waals surface area (Å²) < 4.78 is 2.50. The van der Waals surface area contributed by atoms with Crippen molar-refractivity contribution in [1.82, 2.24) is 19.6 Å². The average molecular weight is 227 g/mol. The van der Waals surface area contributed by atoms with Crippen molar-refractivity contribution in [2.24, 2.45) is 0 Å². The zero-order valence-electron chi connectivity index (χ0n) is 6.74. The lowest BCUT2D eigenvalue weighted by Crippen LogP contribution is -2.00. The predicted molar refractivity (Wildman–Crippen MR) is 48.0 cm³/mol. The SMILES string of the molecule is Cc1nc2ncc(Br)n2nc1C. The molecule has 5 heteroatoms. The summed E-state index contributed by atoms with van der Waals surface area (Å²) in [5, 5.41) is 4.28. The lowest BCUT2D eigenvalue weighted by atomic mass is 10.4. The minimum atomic E-state index is 0.630. The van der Waals surface area contributed by atoms with E-state index in [2.05, 4.69) is 31.0 Å². The molecule has 0 saturated carbocycles. The monoisotopic (exact) mass is 226 g/mol. The van der Waals surface area contributed by atoms with Crippen LogP contribution >= 0.6 is 15.9 Å². The molecule has 0 aliphatic carbocycles. The Morgan fingerprint density at radius 1 is 1.33 bits per heavy atom. The normalized spacial score (nSPS) is 10.9. The van der Waals surface area contributed by atoms with Gasteiger partial charge in [-0.15, -0.1) is 0 Å². The summed E-state index contributed by atoms with van der Waals surface area (Å²) in [6.45, 7) is 3.85. The second-order valence-corrected chi connectivity index (χ2v) is 3.39. The molecule has 0 aliphatic rings. The summed E-state index contributed by atoms with van der Waals surface area (Å²) in [7, 11) is 0. The van der Waals surface area contributed by atoms with Gasteiger partial charge < -0.3 is 0 Å². The van der Waals surface area contributed by atoms with Crippen LogP contribution < -0.4 is 0 Å². The Balaban J connectivity index is 2.87. The largest absolute Gasteiger partial charge is 0.251 e. The maximum atomic E-state index is 4.28. The van der Waals surface area contributed by atoms with E-state index < -0.39 is 0 Å². The molecule has 62 valence electrons. The quantitative estimate of drug-likeness (QED) is 0.684. The van der Waals surface area contributed by atoms with Crippen LogP contribution in [0.25, 0.3) is 5.78 Å². The minimum Gasteiger partial charge on any atom is -0.217 e. The van der Waals surface area contributed by atoms with Crippen molar-refractivity contribution >= 4 is 21.7 Å². The zero-order valence-corrected chi connectivity index (χ0v) is 8.33. The Kier molecular flexibility index (Phi) is 1.61. The first kappa shape index (κ1) is 7.67. The summed E-state index contributed by atoms with van der Waals surface area (Å²) in [5.41, 5.74) is 1.84. The van der Waals surface area contributed by atoms with Crippen LogP contribution in [0.3, 0.4) is 0 Å². The Morgan fingerprint density at radius 2 is 2.08 bits per heavy atom. The van der Waals surface area contributed by atoms with Gasteiger partial charge in [0.2, 0.25) is 0 Å². The fraction of sp³-hybridized carbons (Fsp3) is 0.286. The number of fused-ring (bicyclic) bond motifs is 1. The first-order chi connectivity index (χ1) is 5.68. The Labute approximate surface area is 77.8 Å². The standard InChI is InChI=1S/C7H7BrN4/c1-4-5(2)11-12-6(8)3-9-7(12)10-4/h3H,1-2H3. The highest BCUT2D eigenvalue weighted by atomic mass is 79.9. The van der Waals surface area contributed by atoms with Gasteiger partial charge in [0.15, 0.2) is 0 Å². The van der Waals surface area contributed by atoms with E-state index in [0.717, 1.165) is 16.0 Å². The molecule has 0 radical (unpaired) electrons. The van der Waals surface area contributed by atoms with Crippen LogP contribution in [-0.2, 0) is 0 Å². The molecule has 2 aromatic heterocycles. The summed E-state index contributed by atoms with van der Waals surface area (Å²) >= 11 is 3.32. The molecule has 0 amide bonds. The van der Waals surface area contributed by atoms with E-state index in [0.29, 0.717) is 5.78 Å². The highest BCUT2D eigenvalue weighted by Gasteiger charge is 2.04. The number of rotatable bonds is 0. The molecule has 0 aromatic carbocycles. The van der Waals surface area contributed by atoms with Crippen LogP contribution in [0.15, 0.2) is 10.8 Å². The number of aromatic nitrogens is 4. The van der Waals surface area contributed by atoms with Gasteiger partial charge in [0.1, 0.15) is 4.60 Å². The van der Waals surface area contributed by atoms with Crippen molar-refractivity contribution in [2.75, 3.05) is 0 Å². The molecule has 0 atom stereocenters. The molecule has 2 heterocycles. The number of halogens is 1. The third-order valence-electron chi connectivity index (χ3n) is 1.72. The molecule has 0 unspecified atom stereocenters. The lowest BCUT2D eigenvalue weighted by molar-refractivity contribution is 0.836. The van der Waals surface area contributed by atoms with Gasteiger partial charge in [-0.3, -0.25) is 0 Å². The molecular formula is C7H7BrN4. The Morgan fingerprint density at radius 3 is 2.83 bits per heavy atom. The molecule has 12 heavy (non-hydrogen) atoms. The van der Waals surface area contributed by atoms with Crippen molar-refractivity contribution in [2.45, 2.75) is 13.8 Å². The van der Waals surface area contributed by atoms with Crippen LogP contribution in [0.1, 0.15) is 11.4 Å². The zero-order chi connectivity index (χ0) is 8.72.